The van der Waals surface area contributed by atoms with Crippen LogP contribution in [0.1, 0.15) is 13.8 Å². The smallest absolute Gasteiger partial charge is 0.313 e. The Morgan fingerprint density at radius 3 is 2.18 bits per heavy atom. The Hall–Kier alpha value is -2.37. The van der Waals surface area contributed by atoms with Crippen molar-refractivity contribution in [2.75, 3.05) is 36.0 Å². The molecule has 0 amide bonds. The maximum Gasteiger partial charge on any atom is 0.313 e. The summed E-state index contributed by atoms with van der Waals surface area (Å²) in [7, 11) is 0. The summed E-state index contributed by atoms with van der Waals surface area (Å²) in [5.41, 5.74) is 0.986. The molecular weight excluding hydrogens is 284 g/mol. The zero-order valence-electron chi connectivity index (χ0n) is 12.8. The van der Waals surface area contributed by atoms with Crippen LogP contribution < -0.4 is 20.2 Å². The summed E-state index contributed by atoms with van der Waals surface area (Å²) in [5, 5.41) is 21.8. The summed E-state index contributed by atoms with van der Waals surface area (Å²) in [6.45, 7) is 10.5. The van der Waals surface area contributed by atoms with Gasteiger partial charge in [-0.2, -0.15) is 0 Å². The van der Waals surface area contributed by atoms with Gasteiger partial charge in [-0.05, 0) is 0 Å². The van der Waals surface area contributed by atoms with Gasteiger partial charge in [0.25, 0.3) is 0 Å². The van der Waals surface area contributed by atoms with Gasteiger partial charge in [0.1, 0.15) is 12.0 Å². The molecule has 0 radical (unpaired) electrons. The highest BCUT2D eigenvalue weighted by Gasteiger charge is 2.30. The molecule has 0 unspecified atom stereocenters. The SMILES string of the molecule is C=c1c(O)c(N2CC2)/c(=C\OC(=O)C(C)C)c(O)c1N1CC1. The molecule has 2 fully saturated rings. The van der Waals surface area contributed by atoms with Gasteiger partial charge in [-0.1, -0.05) is 20.4 Å². The Morgan fingerprint density at radius 1 is 1.14 bits per heavy atom. The van der Waals surface area contributed by atoms with Gasteiger partial charge in [0.15, 0.2) is 5.75 Å². The van der Waals surface area contributed by atoms with Crippen LogP contribution in [0.2, 0.25) is 0 Å². The van der Waals surface area contributed by atoms with Crippen molar-refractivity contribution >= 4 is 30.2 Å². The van der Waals surface area contributed by atoms with E-state index in [0.717, 1.165) is 26.2 Å². The molecule has 2 saturated heterocycles. The van der Waals surface area contributed by atoms with Crippen LogP contribution in [-0.2, 0) is 9.53 Å². The third kappa shape index (κ3) is 2.45. The molecule has 0 saturated carbocycles. The maximum absolute atomic E-state index is 11.7. The molecule has 0 aromatic heterocycles. The quantitative estimate of drug-likeness (QED) is 0.466. The van der Waals surface area contributed by atoms with Gasteiger partial charge in [-0.25, -0.2) is 0 Å². The van der Waals surface area contributed by atoms with Crippen molar-refractivity contribution in [1.29, 1.82) is 0 Å². The predicted octanol–water partition coefficient (Wildman–Crippen LogP) is 0.0853. The van der Waals surface area contributed by atoms with Gasteiger partial charge in [0, 0.05) is 31.4 Å². The molecule has 6 heteroatoms. The minimum atomic E-state index is -0.386. The highest BCUT2D eigenvalue weighted by Crippen LogP contribution is 2.34. The topological polar surface area (TPSA) is 72.8 Å². The molecule has 118 valence electrons. The summed E-state index contributed by atoms with van der Waals surface area (Å²) < 4.78 is 5.14. The summed E-state index contributed by atoms with van der Waals surface area (Å²) in [5.74, 6) is -0.624. The number of rotatable bonds is 4. The van der Waals surface area contributed by atoms with Gasteiger partial charge in [-0.3, -0.25) is 4.79 Å². The van der Waals surface area contributed by atoms with Crippen LogP contribution in [0.4, 0.5) is 11.4 Å². The highest BCUT2D eigenvalue weighted by molar-refractivity contribution is 5.79. The normalized spacial score (nSPS) is 17.1. The number of benzene rings is 1. The lowest BCUT2D eigenvalue weighted by Crippen LogP contribution is -2.22. The first kappa shape index (κ1) is 14.6. The standard InChI is InChI=1S/C16H20N2O4/c1-9(2)16(21)22-8-11-13(18-6-7-18)14(19)10(3)12(15(11)20)17-4-5-17/h8-9,19-20H,3-7H2,1-2H3/b11-8+. The van der Waals surface area contributed by atoms with E-state index in [2.05, 4.69) is 6.58 Å². The number of phenols is 2. The second-order valence-electron chi connectivity index (χ2n) is 5.97. The second-order valence-corrected chi connectivity index (χ2v) is 5.97. The Balaban J connectivity index is 2.15. The minimum Gasteiger partial charge on any atom is -0.505 e. The molecule has 2 aliphatic rings. The number of carbonyl (C=O) groups is 1. The molecule has 22 heavy (non-hydrogen) atoms. The zero-order chi connectivity index (χ0) is 16.0. The molecule has 0 aliphatic carbocycles. The maximum atomic E-state index is 11.7. The Bertz CT molecular complexity index is 734. The van der Waals surface area contributed by atoms with Crippen molar-refractivity contribution in [1.82, 2.24) is 0 Å². The summed E-state index contributed by atoms with van der Waals surface area (Å²) in [6.07, 6.45) is 1.23. The number of hydrogen-bond donors (Lipinski definition) is 2. The first-order chi connectivity index (χ1) is 10.4. The lowest BCUT2D eigenvalue weighted by atomic mass is 10.1. The van der Waals surface area contributed by atoms with Crippen LogP contribution in [0.25, 0.3) is 12.8 Å². The van der Waals surface area contributed by atoms with E-state index >= 15 is 0 Å². The van der Waals surface area contributed by atoms with E-state index in [1.165, 1.54) is 6.26 Å². The van der Waals surface area contributed by atoms with Crippen LogP contribution in [-0.4, -0.2) is 42.4 Å². The average molecular weight is 304 g/mol. The molecule has 6 nitrogen and oxygen atoms in total. The monoisotopic (exact) mass is 304 g/mol. The number of anilines is 2. The Morgan fingerprint density at radius 2 is 1.68 bits per heavy atom. The van der Waals surface area contributed by atoms with Crippen molar-refractivity contribution in [2.45, 2.75) is 13.8 Å². The van der Waals surface area contributed by atoms with Crippen molar-refractivity contribution in [3.05, 3.63) is 10.4 Å². The number of phenolic OH excluding ortho intramolecular Hbond substituents is 2. The summed E-state index contributed by atoms with van der Waals surface area (Å²) in [4.78, 5) is 15.5. The van der Waals surface area contributed by atoms with Crippen molar-refractivity contribution in [3.8, 4) is 11.5 Å². The average Bonchev–Trinajstić information content (AvgIpc) is 3.33. The molecule has 0 atom stereocenters. The molecule has 2 N–H and O–H groups in total. The molecular formula is C16H20N2O4. The molecule has 1 aromatic rings. The highest BCUT2D eigenvalue weighted by atomic mass is 16.5. The van der Waals surface area contributed by atoms with E-state index in [9.17, 15) is 15.0 Å². The number of nitrogens with zero attached hydrogens (tertiary/aromatic N) is 2. The van der Waals surface area contributed by atoms with Crippen LogP contribution >= 0.6 is 0 Å². The van der Waals surface area contributed by atoms with Crippen molar-refractivity contribution < 1.29 is 19.7 Å². The number of aromatic hydroxyl groups is 2. The number of hydrogen-bond acceptors (Lipinski definition) is 6. The van der Waals surface area contributed by atoms with E-state index in [0.29, 0.717) is 21.8 Å². The Labute approximate surface area is 128 Å². The third-order valence-corrected chi connectivity index (χ3v) is 3.82. The fourth-order valence-corrected chi connectivity index (χ4v) is 2.34. The number of ether oxygens (including phenoxy) is 1. The largest absolute Gasteiger partial charge is 0.505 e. The predicted molar refractivity (Wildman–Crippen MR) is 84.4 cm³/mol. The van der Waals surface area contributed by atoms with Crippen LogP contribution in [0.5, 0.6) is 11.5 Å². The Kier molecular flexibility index (Phi) is 3.39. The van der Waals surface area contributed by atoms with Crippen LogP contribution in [0.15, 0.2) is 0 Å². The molecule has 0 spiro atoms. The fraction of sp³-hybridized carbons (Fsp3) is 0.438. The van der Waals surface area contributed by atoms with Gasteiger partial charge < -0.3 is 24.7 Å². The number of esters is 1. The molecule has 0 bridgehead atoms. The van der Waals surface area contributed by atoms with E-state index in [4.69, 9.17) is 4.74 Å². The molecule has 3 rings (SSSR count). The van der Waals surface area contributed by atoms with Gasteiger partial charge in [0.2, 0.25) is 0 Å². The first-order valence-electron chi connectivity index (χ1n) is 7.39. The summed E-state index contributed by atoms with van der Waals surface area (Å²) >= 11 is 0. The zero-order valence-corrected chi connectivity index (χ0v) is 12.8. The van der Waals surface area contributed by atoms with E-state index in [1.54, 1.807) is 13.8 Å². The lowest BCUT2D eigenvalue weighted by molar-refractivity contribution is -0.139. The van der Waals surface area contributed by atoms with Gasteiger partial charge >= 0.3 is 5.97 Å². The number of carbonyl (C=O) groups excluding carboxylic acids is 1. The molecule has 2 heterocycles. The van der Waals surface area contributed by atoms with E-state index in [-0.39, 0.29) is 23.4 Å². The lowest BCUT2D eigenvalue weighted by Gasteiger charge is -2.15. The van der Waals surface area contributed by atoms with Gasteiger partial charge in [-0.15, -0.1) is 0 Å². The van der Waals surface area contributed by atoms with E-state index < -0.39 is 0 Å². The van der Waals surface area contributed by atoms with Crippen LogP contribution in [0.3, 0.4) is 0 Å². The minimum absolute atomic E-state index is 0.00115. The summed E-state index contributed by atoms with van der Waals surface area (Å²) in [6, 6.07) is 0. The first-order valence-corrected chi connectivity index (χ1v) is 7.39. The second kappa shape index (κ2) is 5.12. The van der Waals surface area contributed by atoms with Gasteiger partial charge in [0.05, 0.1) is 22.5 Å². The fourth-order valence-electron chi connectivity index (χ4n) is 2.34. The van der Waals surface area contributed by atoms with Crippen LogP contribution in [0, 0.1) is 5.92 Å². The van der Waals surface area contributed by atoms with Crippen molar-refractivity contribution in [2.24, 2.45) is 5.92 Å². The van der Waals surface area contributed by atoms with Crippen molar-refractivity contribution in [3.63, 3.8) is 0 Å². The van der Waals surface area contributed by atoms with E-state index in [1.807, 2.05) is 9.80 Å². The molecule has 1 aromatic carbocycles. The molecule has 2 aliphatic heterocycles. The third-order valence-electron chi connectivity index (χ3n) is 3.82.